The Balaban J connectivity index is 1.46. The highest BCUT2D eigenvalue weighted by Crippen LogP contribution is 2.30. The Hall–Kier alpha value is -3.15. The second-order valence-corrected chi connectivity index (χ2v) is 7.81. The third kappa shape index (κ3) is 5.13. The van der Waals surface area contributed by atoms with E-state index < -0.39 is 6.29 Å². The molecule has 0 radical (unpaired) electrons. The molecular weight excluding hydrogens is 388 g/mol. The maximum Gasteiger partial charge on any atom is 0.255 e. The third-order valence-electron chi connectivity index (χ3n) is 5.73. The molecule has 0 saturated heterocycles. The van der Waals surface area contributed by atoms with Gasteiger partial charge in [0.25, 0.3) is 5.91 Å². The monoisotopic (exact) mass is 416 g/mol. The molecule has 1 unspecified atom stereocenters. The predicted molar refractivity (Wildman–Crippen MR) is 124 cm³/mol. The van der Waals surface area contributed by atoms with Crippen LogP contribution in [0.15, 0.2) is 72.8 Å². The van der Waals surface area contributed by atoms with Crippen molar-refractivity contribution in [3.05, 3.63) is 83.9 Å². The molecule has 5 heteroatoms. The molecule has 31 heavy (non-hydrogen) atoms. The molecule has 1 aliphatic heterocycles. The van der Waals surface area contributed by atoms with Crippen molar-refractivity contribution in [2.75, 3.05) is 30.4 Å². The Morgan fingerprint density at radius 3 is 2.55 bits per heavy atom. The van der Waals surface area contributed by atoms with E-state index >= 15 is 0 Å². The van der Waals surface area contributed by atoms with Crippen LogP contribution in [0.5, 0.6) is 0 Å². The average Bonchev–Trinajstić information content (AvgIpc) is 2.83. The van der Waals surface area contributed by atoms with Gasteiger partial charge in [-0.1, -0.05) is 48.5 Å². The fourth-order valence-electron chi connectivity index (χ4n) is 3.99. The van der Waals surface area contributed by atoms with Gasteiger partial charge in [0.1, 0.15) is 0 Å². The summed E-state index contributed by atoms with van der Waals surface area (Å²) in [7, 11) is 1.51. The number of benzene rings is 3. The maximum absolute atomic E-state index is 12.8. The van der Waals surface area contributed by atoms with Crippen LogP contribution in [0.1, 0.15) is 28.8 Å². The molecule has 0 spiro atoms. The molecule has 0 fully saturated rings. The molecule has 160 valence electrons. The number of aliphatic hydroxyl groups excluding tert-OH is 1. The minimum Gasteiger partial charge on any atom is -0.371 e. The van der Waals surface area contributed by atoms with E-state index in [1.165, 1.54) is 12.7 Å². The minimum absolute atomic E-state index is 0.128. The van der Waals surface area contributed by atoms with E-state index in [1.807, 2.05) is 54.6 Å². The van der Waals surface area contributed by atoms with Gasteiger partial charge in [-0.3, -0.25) is 4.79 Å². The lowest BCUT2D eigenvalue weighted by Crippen LogP contribution is -2.32. The van der Waals surface area contributed by atoms with Gasteiger partial charge in [-0.25, -0.2) is 0 Å². The van der Waals surface area contributed by atoms with E-state index in [9.17, 15) is 9.90 Å². The van der Waals surface area contributed by atoms with Crippen LogP contribution < -0.4 is 10.2 Å². The molecule has 1 aliphatic rings. The zero-order valence-electron chi connectivity index (χ0n) is 17.8. The minimum atomic E-state index is -0.757. The van der Waals surface area contributed by atoms with Crippen LogP contribution in [0.25, 0.3) is 11.1 Å². The average molecular weight is 417 g/mol. The number of methoxy groups -OCH3 is 1. The first-order chi connectivity index (χ1) is 15.1. The number of aliphatic hydroxyl groups is 1. The summed E-state index contributed by atoms with van der Waals surface area (Å²) in [5, 5.41) is 12.7. The molecule has 0 bridgehead atoms. The summed E-state index contributed by atoms with van der Waals surface area (Å²) in [5.74, 6) is -0.128. The Labute approximate surface area is 183 Å². The highest BCUT2D eigenvalue weighted by molar-refractivity contribution is 6.04. The molecule has 0 aliphatic carbocycles. The number of hydrogen-bond acceptors (Lipinski definition) is 4. The normalized spacial score (nSPS) is 14.1. The van der Waals surface area contributed by atoms with E-state index in [4.69, 9.17) is 4.74 Å². The van der Waals surface area contributed by atoms with Crippen LogP contribution in [0.4, 0.5) is 11.4 Å². The van der Waals surface area contributed by atoms with E-state index in [1.54, 1.807) is 0 Å². The number of rotatable bonds is 7. The quantitative estimate of drug-likeness (QED) is 0.548. The zero-order valence-corrected chi connectivity index (χ0v) is 17.8. The largest absolute Gasteiger partial charge is 0.371 e. The van der Waals surface area contributed by atoms with E-state index in [0.29, 0.717) is 18.5 Å². The number of aryl methyl sites for hydroxylation is 1. The molecule has 4 rings (SSSR count). The number of carbonyl (C=O) groups is 1. The van der Waals surface area contributed by atoms with Crippen LogP contribution in [-0.2, 0) is 11.2 Å². The van der Waals surface area contributed by atoms with Crippen LogP contribution in [0.3, 0.4) is 0 Å². The number of fused-ring (bicyclic) bond motifs is 1. The highest BCUT2D eigenvalue weighted by atomic mass is 16.6. The molecule has 1 atom stereocenters. The van der Waals surface area contributed by atoms with Gasteiger partial charge in [-0.2, -0.15) is 0 Å². The van der Waals surface area contributed by atoms with Crippen LogP contribution >= 0.6 is 0 Å². The van der Waals surface area contributed by atoms with Crippen molar-refractivity contribution in [2.45, 2.75) is 25.6 Å². The first-order valence-electron chi connectivity index (χ1n) is 10.7. The van der Waals surface area contributed by atoms with Crippen molar-refractivity contribution in [1.82, 2.24) is 0 Å². The van der Waals surface area contributed by atoms with Gasteiger partial charge >= 0.3 is 0 Å². The van der Waals surface area contributed by atoms with Crippen molar-refractivity contribution in [3.63, 3.8) is 0 Å². The van der Waals surface area contributed by atoms with Crippen molar-refractivity contribution < 1.29 is 14.6 Å². The number of nitrogens with zero attached hydrogens (tertiary/aromatic N) is 1. The number of carbonyl (C=O) groups excluding carboxylic acids is 1. The second-order valence-electron chi connectivity index (χ2n) is 7.81. The van der Waals surface area contributed by atoms with E-state index in [0.717, 1.165) is 41.9 Å². The van der Waals surface area contributed by atoms with E-state index in [-0.39, 0.29) is 5.91 Å². The first kappa shape index (κ1) is 21.1. The molecule has 1 amide bonds. The number of hydrogen-bond donors (Lipinski definition) is 2. The SMILES string of the molecule is COC(O)CCN1CCCc2ccc(NC(=O)c3ccc(-c4ccccc4)cc3)cc21. The molecule has 3 aromatic carbocycles. The van der Waals surface area contributed by atoms with Crippen molar-refractivity contribution in [3.8, 4) is 11.1 Å². The molecule has 5 nitrogen and oxygen atoms in total. The van der Waals surface area contributed by atoms with Crippen molar-refractivity contribution >= 4 is 17.3 Å². The van der Waals surface area contributed by atoms with Gasteiger partial charge in [0, 0.05) is 43.6 Å². The van der Waals surface area contributed by atoms with Gasteiger partial charge in [0.15, 0.2) is 6.29 Å². The molecule has 3 aromatic rings. The Morgan fingerprint density at radius 1 is 1.06 bits per heavy atom. The predicted octanol–water partition coefficient (Wildman–Crippen LogP) is 4.71. The van der Waals surface area contributed by atoms with Crippen molar-refractivity contribution in [1.29, 1.82) is 0 Å². The fraction of sp³-hybridized carbons (Fsp3) is 0.269. The standard InChI is InChI=1S/C26H28N2O3/c1-31-25(29)15-17-28-16-5-8-21-13-14-23(18-24(21)28)27-26(30)22-11-9-20(10-12-22)19-6-3-2-4-7-19/h2-4,6-7,9-14,18,25,29H,5,8,15-17H2,1H3,(H,27,30). The zero-order chi connectivity index (χ0) is 21.6. The Bertz CT molecular complexity index is 1020. The summed E-state index contributed by atoms with van der Waals surface area (Å²) in [6.45, 7) is 1.64. The second kappa shape index (κ2) is 9.77. The van der Waals surface area contributed by atoms with E-state index in [2.05, 4.69) is 28.4 Å². The highest BCUT2D eigenvalue weighted by Gasteiger charge is 2.19. The van der Waals surface area contributed by atoms with Crippen molar-refractivity contribution in [2.24, 2.45) is 0 Å². The van der Waals surface area contributed by atoms with Crippen LogP contribution in [0.2, 0.25) is 0 Å². The van der Waals surface area contributed by atoms with Gasteiger partial charge in [-0.15, -0.1) is 0 Å². The van der Waals surface area contributed by atoms with Crippen LogP contribution in [-0.4, -0.2) is 37.5 Å². The number of amides is 1. The lowest BCUT2D eigenvalue weighted by molar-refractivity contribution is -0.0765. The number of nitrogens with one attached hydrogen (secondary N) is 1. The summed E-state index contributed by atoms with van der Waals surface area (Å²) < 4.78 is 4.96. The smallest absolute Gasteiger partial charge is 0.255 e. The Morgan fingerprint density at radius 2 is 1.81 bits per heavy atom. The Kier molecular flexibility index (Phi) is 6.65. The summed E-state index contributed by atoms with van der Waals surface area (Å²) in [5.41, 5.74) is 5.99. The fourth-order valence-corrected chi connectivity index (χ4v) is 3.99. The number of ether oxygens (including phenoxy) is 1. The van der Waals surface area contributed by atoms with Gasteiger partial charge in [-0.05, 0) is 53.8 Å². The maximum atomic E-state index is 12.8. The lowest BCUT2D eigenvalue weighted by Gasteiger charge is -2.32. The summed E-state index contributed by atoms with van der Waals surface area (Å²) in [6.07, 6.45) is 1.89. The summed E-state index contributed by atoms with van der Waals surface area (Å²) in [6, 6.07) is 23.8. The summed E-state index contributed by atoms with van der Waals surface area (Å²) >= 11 is 0. The van der Waals surface area contributed by atoms with Gasteiger partial charge in [0.2, 0.25) is 0 Å². The van der Waals surface area contributed by atoms with Gasteiger partial charge < -0.3 is 20.1 Å². The van der Waals surface area contributed by atoms with Crippen LogP contribution in [0, 0.1) is 0 Å². The topological polar surface area (TPSA) is 61.8 Å². The molecule has 0 aromatic heterocycles. The number of anilines is 2. The molecule has 2 N–H and O–H groups in total. The lowest BCUT2D eigenvalue weighted by atomic mass is 10.0. The molecule has 1 heterocycles. The first-order valence-corrected chi connectivity index (χ1v) is 10.7. The third-order valence-corrected chi connectivity index (χ3v) is 5.73. The summed E-state index contributed by atoms with van der Waals surface area (Å²) in [4.78, 5) is 15.0. The molecular formula is C26H28N2O3. The molecule has 0 saturated carbocycles. The van der Waals surface area contributed by atoms with Gasteiger partial charge in [0.05, 0.1) is 0 Å².